The van der Waals surface area contributed by atoms with Gasteiger partial charge in [0.25, 0.3) is 0 Å². The van der Waals surface area contributed by atoms with E-state index in [-0.39, 0.29) is 22.1 Å². The maximum atomic E-state index is 13.2. The number of sulfone groups is 1. The fraction of sp³-hybridized carbons (Fsp3) is 0.200. The second-order valence-corrected chi connectivity index (χ2v) is 8.34. The van der Waals surface area contributed by atoms with E-state index in [9.17, 15) is 18.0 Å². The molecule has 28 heavy (non-hydrogen) atoms. The molecule has 1 aliphatic heterocycles. The van der Waals surface area contributed by atoms with Gasteiger partial charge in [-0.05, 0) is 38.1 Å². The number of esters is 1. The second kappa shape index (κ2) is 7.85. The Balaban J connectivity index is 1.88. The summed E-state index contributed by atoms with van der Waals surface area (Å²) in [5.41, 5.74) is 1.46. The van der Waals surface area contributed by atoms with Crippen LogP contribution in [0.1, 0.15) is 22.8 Å². The normalized spacial score (nSPS) is 16.9. The van der Waals surface area contributed by atoms with Gasteiger partial charge in [0.2, 0.25) is 9.84 Å². The van der Waals surface area contributed by atoms with Gasteiger partial charge < -0.3 is 15.4 Å². The van der Waals surface area contributed by atoms with Gasteiger partial charge >= 0.3 is 12.0 Å². The number of hydrogen-bond acceptors (Lipinski definition) is 5. The zero-order chi connectivity index (χ0) is 20.3. The average Bonchev–Trinajstić information content (AvgIpc) is 2.66. The van der Waals surface area contributed by atoms with E-state index in [2.05, 4.69) is 10.6 Å². The molecule has 0 aromatic heterocycles. The molecule has 1 heterocycles. The van der Waals surface area contributed by atoms with Crippen molar-refractivity contribution in [2.45, 2.75) is 24.8 Å². The fourth-order valence-corrected chi connectivity index (χ4v) is 4.62. The minimum Gasteiger partial charge on any atom is -0.460 e. The van der Waals surface area contributed by atoms with Crippen LogP contribution in [0.15, 0.2) is 70.1 Å². The predicted molar refractivity (Wildman–Crippen MR) is 103 cm³/mol. The van der Waals surface area contributed by atoms with E-state index in [1.54, 1.807) is 42.5 Å². The Labute approximate surface area is 163 Å². The number of hydrogen-bond donors (Lipinski definition) is 2. The molecule has 7 nitrogen and oxygen atoms in total. The van der Waals surface area contributed by atoms with Gasteiger partial charge in [-0.1, -0.05) is 35.9 Å². The summed E-state index contributed by atoms with van der Waals surface area (Å²) in [6.07, 6.45) is 0. The van der Waals surface area contributed by atoms with Crippen molar-refractivity contribution < 1.29 is 22.7 Å². The first-order chi connectivity index (χ1) is 13.3. The molecule has 1 aliphatic rings. The van der Waals surface area contributed by atoms with Crippen molar-refractivity contribution in [1.82, 2.24) is 10.6 Å². The van der Waals surface area contributed by atoms with E-state index in [0.29, 0.717) is 5.56 Å². The van der Waals surface area contributed by atoms with E-state index in [1.807, 2.05) is 6.92 Å². The standard InChI is InChI=1S/C20H20N2O5S/c1-13-8-10-16(11-9-13)28(25,26)18-14(2)21-20(24)22-17(18)12-27-19(23)15-6-4-3-5-7-15/h3-11,17H,12H2,1-2H3,(H2,21,22,24)/t17-/m1/s1. The summed E-state index contributed by atoms with van der Waals surface area (Å²) in [5.74, 6) is -0.599. The summed E-state index contributed by atoms with van der Waals surface area (Å²) in [6.45, 7) is 3.06. The number of carbonyl (C=O) groups is 2. The van der Waals surface area contributed by atoms with Gasteiger partial charge in [-0.25, -0.2) is 18.0 Å². The lowest BCUT2D eigenvalue weighted by molar-refractivity contribution is 0.0482. The molecule has 146 valence electrons. The minimum atomic E-state index is -3.90. The van der Waals surface area contributed by atoms with Crippen molar-refractivity contribution in [3.63, 3.8) is 0 Å². The smallest absolute Gasteiger partial charge is 0.338 e. The molecule has 1 atom stereocenters. The zero-order valence-electron chi connectivity index (χ0n) is 15.4. The Kier molecular flexibility index (Phi) is 5.51. The molecule has 0 saturated carbocycles. The van der Waals surface area contributed by atoms with Gasteiger partial charge in [-0.2, -0.15) is 0 Å². The van der Waals surface area contributed by atoms with Crippen molar-refractivity contribution in [3.8, 4) is 0 Å². The summed E-state index contributed by atoms with van der Waals surface area (Å²) < 4.78 is 31.6. The number of aryl methyl sites for hydroxylation is 1. The number of carbonyl (C=O) groups excluding carboxylic acids is 2. The van der Waals surface area contributed by atoms with Gasteiger partial charge in [0, 0.05) is 5.70 Å². The van der Waals surface area contributed by atoms with Gasteiger partial charge in [-0.3, -0.25) is 0 Å². The van der Waals surface area contributed by atoms with Crippen molar-refractivity contribution in [2.75, 3.05) is 6.61 Å². The van der Waals surface area contributed by atoms with Crippen LogP contribution in [-0.2, 0) is 14.6 Å². The van der Waals surface area contributed by atoms with Crippen LogP contribution in [0.5, 0.6) is 0 Å². The Hall–Kier alpha value is -3.13. The first-order valence-electron chi connectivity index (χ1n) is 8.61. The van der Waals surface area contributed by atoms with Crippen LogP contribution < -0.4 is 10.6 Å². The number of allylic oxidation sites excluding steroid dienone is 1. The number of ether oxygens (including phenoxy) is 1. The van der Waals surface area contributed by atoms with Crippen LogP contribution in [0, 0.1) is 6.92 Å². The molecule has 0 aliphatic carbocycles. The number of benzene rings is 2. The third kappa shape index (κ3) is 4.07. The first kappa shape index (κ1) is 19.6. The van der Waals surface area contributed by atoms with Crippen molar-refractivity contribution >= 4 is 21.8 Å². The molecule has 0 fully saturated rings. The first-order valence-corrected chi connectivity index (χ1v) is 10.1. The summed E-state index contributed by atoms with van der Waals surface area (Å²) in [5, 5.41) is 5.00. The van der Waals surface area contributed by atoms with Crippen LogP contribution in [0.2, 0.25) is 0 Å². The SMILES string of the molecule is CC1=C(S(=O)(=O)c2ccc(C)cc2)[C@@H](COC(=O)c2ccccc2)NC(=O)N1. The van der Waals surface area contributed by atoms with Crippen molar-refractivity contribution in [2.24, 2.45) is 0 Å². The maximum Gasteiger partial charge on any atom is 0.338 e. The van der Waals surface area contributed by atoms with Crippen molar-refractivity contribution in [3.05, 3.63) is 76.3 Å². The average molecular weight is 400 g/mol. The highest BCUT2D eigenvalue weighted by atomic mass is 32.2. The number of urea groups is 1. The number of amides is 2. The van der Waals surface area contributed by atoms with Crippen molar-refractivity contribution in [1.29, 1.82) is 0 Å². The molecule has 0 spiro atoms. The predicted octanol–water partition coefficient (Wildman–Crippen LogP) is 2.54. The summed E-state index contributed by atoms with van der Waals surface area (Å²) in [4.78, 5) is 24.1. The highest BCUT2D eigenvalue weighted by Crippen LogP contribution is 2.26. The van der Waals surface area contributed by atoms with Crippen LogP contribution in [0.3, 0.4) is 0 Å². The molecule has 2 N–H and O–H groups in total. The Morgan fingerprint density at radius 1 is 1.04 bits per heavy atom. The molecule has 0 unspecified atom stereocenters. The molecular weight excluding hydrogens is 380 g/mol. The van der Waals surface area contributed by atoms with Gasteiger partial charge in [-0.15, -0.1) is 0 Å². The lowest BCUT2D eigenvalue weighted by Gasteiger charge is -2.28. The van der Waals surface area contributed by atoms with E-state index in [1.165, 1.54) is 19.1 Å². The highest BCUT2D eigenvalue weighted by molar-refractivity contribution is 7.95. The monoisotopic (exact) mass is 400 g/mol. The summed E-state index contributed by atoms with van der Waals surface area (Å²) >= 11 is 0. The third-order valence-corrected chi connectivity index (χ3v) is 6.37. The number of nitrogens with one attached hydrogen (secondary N) is 2. The van der Waals surface area contributed by atoms with Crippen LogP contribution in [0.4, 0.5) is 4.79 Å². The molecule has 2 aromatic rings. The molecule has 2 amide bonds. The summed E-state index contributed by atoms with van der Waals surface area (Å²) in [6, 6.07) is 13.2. The molecule has 0 saturated heterocycles. The van der Waals surface area contributed by atoms with Gasteiger partial charge in [0.1, 0.15) is 12.6 Å². The fourth-order valence-electron chi connectivity index (χ4n) is 2.92. The minimum absolute atomic E-state index is 0.0307. The third-order valence-electron chi connectivity index (χ3n) is 4.30. The molecule has 3 rings (SSSR count). The van der Waals surface area contributed by atoms with E-state index < -0.39 is 27.9 Å². The quantitative estimate of drug-likeness (QED) is 0.751. The maximum absolute atomic E-state index is 13.2. The van der Waals surface area contributed by atoms with E-state index >= 15 is 0 Å². The Morgan fingerprint density at radius 2 is 1.68 bits per heavy atom. The van der Waals surface area contributed by atoms with Gasteiger partial charge in [0.15, 0.2) is 0 Å². The van der Waals surface area contributed by atoms with E-state index in [4.69, 9.17) is 4.74 Å². The second-order valence-electron chi connectivity index (χ2n) is 6.42. The zero-order valence-corrected chi connectivity index (χ0v) is 16.2. The summed E-state index contributed by atoms with van der Waals surface area (Å²) in [7, 11) is -3.90. The highest BCUT2D eigenvalue weighted by Gasteiger charge is 2.36. The van der Waals surface area contributed by atoms with E-state index in [0.717, 1.165) is 5.56 Å². The van der Waals surface area contributed by atoms with Gasteiger partial charge in [0.05, 0.1) is 15.4 Å². The lowest BCUT2D eigenvalue weighted by atomic mass is 10.2. The lowest BCUT2D eigenvalue weighted by Crippen LogP contribution is -2.51. The van der Waals surface area contributed by atoms with Crippen LogP contribution in [-0.4, -0.2) is 33.1 Å². The number of rotatable bonds is 5. The molecule has 0 bridgehead atoms. The molecule has 2 aromatic carbocycles. The topological polar surface area (TPSA) is 102 Å². The Morgan fingerprint density at radius 3 is 2.32 bits per heavy atom. The molecular formula is C20H20N2O5S. The largest absolute Gasteiger partial charge is 0.460 e. The Bertz CT molecular complexity index is 1030. The van der Waals surface area contributed by atoms with Crippen LogP contribution in [0.25, 0.3) is 0 Å². The molecule has 0 radical (unpaired) electrons. The molecule has 8 heteroatoms. The van der Waals surface area contributed by atoms with Crippen LogP contribution >= 0.6 is 0 Å².